The molecular weight excluding hydrogens is 232 g/mol. The molecule has 0 bridgehead atoms. The smallest absolute Gasteiger partial charge is 0.237 e. The summed E-state index contributed by atoms with van der Waals surface area (Å²) in [4.78, 5) is 11.8. The molecule has 0 saturated carbocycles. The molecule has 1 aromatic heterocycles. The Hall–Kier alpha value is -1.40. The van der Waals surface area contributed by atoms with Gasteiger partial charge in [-0.3, -0.25) is 9.48 Å². The third-order valence-electron chi connectivity index (χ3n) is 3.16. The number of carbonyl (C=O) groups excluding carboxylic acids is 1. The minimum Gasteiger partial charge on any atom is -0.380 e. The monoisotopic (exact) mass is 252 g/mol. The second-order valence-electron chi connectivity index (χ2n) is 4.47. The van der Waals surface area contributed by atoms with Gasteiger partial charge in [0.15, 0.2) is 0 Å². The molecule has 1 aromatic rings. The third kappa shape index (κ3) is 3.54. The number of hydrogen-bond donors (Lipinski definition) is 2. The van der Waals surface area contributed by atoms with Gasteiger partial charge in [0.05, 0.1) is 12.1 Å². The zero-order chi connectivity index (χ0) is 12.8. The topological polar surface area (TPSA) is 68.2 Å². The highest BCUT2D eigenvalue weighted by Gasteiger charge is 2.28. The Morgan fingerprint density at radius 2 is 2.56 bits per heavy atom. The van der Waals surface area contributed by atoms with Gasteiger partial charge in [0, 0.05) is 39.1 Å². The van der Waals surface area contributed by atoms with E-state index in [-0.39, 0.29) is 18.1 Å². The Bertz CT molecular complexity index is 366. The van der Waals surface area contributed by atoms with Crippen LogP contribution in [0, 0.1) is 0 Å². The molecule has 6 heteroatoms. The molecule has 0 radical (unpaired) electrons. The molecule has 1 amide bonds. The van der Waals surface area contributed by atoms with Crippen LogP contribution in [-0.4, -0.2) is 48.0 Å². The molecule has 2 unspecified atom stereocenters. The summed E-state index contributed by atoms with van der Waals surface area (Å²) in [5, 5.41) is 10.2. The van der Waals surface area contributed by atoms with Crippen LogP contribution in [0.4, 0.5) is 0 Å². The standard InChI is InChI=1S/C12H20N4O2/c1-18-10-8-11(14-9-10)12(17)13-4-2-6-16-7-3-5-15-16/h3,5,7,10-11,14H,2,4,6,8-9H2,1H3,(H,13,17). The summed E-state index contributed by atoms with van der Waals surface area (Å²) in [5.41, 5.74) is 0. The molecule has 2 N–H and O–H groups in total. The maximum atomic E-state index is 11.8. The van der Waals surface area contributed by atoms with Gasteiger partial charge in [0.25, 0.3) is 0 Å². The Morgan fingerprint density at radius 3 is 3.22 bits per heavy atom. The summed E-state index contributed by atoms with van der Waals surface area (Å²) < 4.78 is 7.07. The molecule has 0 aliphatic carbocycles. The molecular formula is C12H20N4O2. The van der Waals surface area contributed by atoms with E-state index < -0.39 is 0 Å². The summed E-state index contributed by atoms with van der Waals surface area (Å²) in [6.45, 7) is 2.25. The molecule has 1 saturated heterocycles. The van der Waals surface area contributed by atoms with Crippen LogP contribution in [0.15, 0.2) is 18.5 Å². The van der Waals surface area contributed by atoms with Gasteiger partial charge in [-0.2, -0.15) is 5.10 Å². The summed E-state index contributed by atoms with van der Waals surface area (Å²) >= 11 is 0. The summed E-state index contributed by atoms with van der Waals surface area (Å²) in [5.74, 6) is 0.0648. The quantitative estimate of drug-likeness (QED) is 0.686. The zero-order valence-corrected chi connectivity index (χ0v) is 10.6. The number of amides is 1. The van der Waals surface area contributed by atoms with E-state index in [0.29, 0.717) is 6.54 Å². The van der Waals surface area contributed by atoms with Crippen LogP contribution in [0.1, 0.15) is 12.8 Å². The van der Waals surface area contributed by atoms with E-state index >= 15 is 0 Å². The number of methoxy groups -OCH3 is 1. The van der Waals surface area contributed by atoms with Crippen molar-refractivity contribution in [3.05, 3.63) is 18.5 Å². The maximum Gasteiger partial charge on any atom is 0.237 e. The lowest BCUT2D eigenvalue weighted by atomic mass is 10.2. The number of hydrogen-bond acceptors (Lipinski definition) is 4. The Balaban J connectivity index is 1.60. The van der Waals surface area contributed by atoms with Crippen LogP contribution in [-0.2, 0) is 16.1 Å². The van der Waals surface area contributed by atoms with E-state index in [1.807, 2.05) is 16.9 Å². The Morgan fingerprint density at radius 1 is 1.67 bits per heavy atom. The fourth-order valence-corrected chi connectivity index (χ4v) is 2.09. The average Bonchev–Trinajstić information content (AvgIpc) is 3.05. The molecule has 0 aromatic carbocycles. The van der Waals surface area contributed by atoms with Crippen molar-refractivity contribution in [2.75, 3.05) is 20.2 Å². The number of aromatic nitrogens is 2. The van der Waals surface area contributed by atoms with Gasteiger partial charge >= 0.3 is 0 Å². The molecule has 2 atom stereocenters. The van der Waals surface area contributed by atoms with Crippen molar-refractivity contribution in [2.45, 2.75) is 31.5 Å². The predicted octanol–water partition coefficient (Wildman–Crippen LogP) is -0.234. The van der Waals surface area contributed by atoms with Gasteiger partial charge < -0.3 is 15.4 Å². The number of rotatable bonds is 6. The average molecular weight is 252 g/mol. The third-order valence-corrected chi connectivity index (χ3v) is 3.16. The van der Waals surface area contributed by atoms with E-state index in [2.05, 4.69) is 15.7 Å². The van der Waals surface area contributed by atoms with Crippen molar-refractivity contribution in [3.63, 3.8) is 0 Å². The van der Waals surface area contributed by atoms with Crippen molar-refractivity contribution >= 4 is 5.91 Å². The number of nitrogens with zero attached hydrogens (tertiary/aromatic N) is 2. The molecule has 6 nitrogen and oxygen atoms in total. The van der Waals surface area contributed by atoms with Gasteiger partial charge in [0.2, 0.25) is 5.91 Å². The van der Waals surface area contributed by atoms with Crippen LogP contribution in [0.3, 0.4) is 0 Å². The zero-order valence-electron chi connectivity index (χ0n) is 10.6. The lowest BCUT2D eigenvalue weighted by molar-refractivity contribution is -0.122. The van der Waals surface area contributed by atoms with Crippen molar-refractivity contribution in [1.29, 1.82) is 0 Å². The fourth-order valence-electron chi connectivity index (χ4n) is 2.09. The largest absolute Gasteiger partial charge is 0.380 e. The lowest BCUT2D eigenvalue weighted by Gasteiger charge is -2.11. The van der Waals surface area contributed by atoms with Crippen molar-refractivity contribution in [1.82, 2.24) is 20.4 Å². The first-order valence-electron chi connectivity index (χ1n) is 6.31. The summed E-state index contributed by atoms with van der Waals surface area (Å²) in [6.07, 6.45) is 5.47. The maximum absolute atomic E-state index is 11.8. The predicted molar refractivity (Wildman–Crippen MR) is 67.1 cm³/mol. The molecule has 0 spiro atoms. The van der Waals surface area contributed by atoms with Gasteiger partial charge in [-0.25, -0.2) is 0 Å². The van der Waals surface area contributed by atoms with E-state index in [0.717, 1.165) is 25.9 Å². The number of nitrogens with one attached hydrogen (secondary N) is 2. The highest BCUT2D eigenvalue weighted by molar-refractivity contribution is 5.82. The highest BCUT2D eigenvalue weighted by Crippen LogP contribution is 2.09. The van der Waals surface area contributed by atoms with E-state index in [1.54, 1.807) is 13.3 Å². The lowest BCUT2D eigenvalue weighted by Crippen LogP contribution is -2.40. The van der Waals surface area contributed by atoms with Crippen molar-refractivity contribution in [3.8, 4) is 0 Å². The molecule has 1 fully saturated rings. The first-order chi connectivity index (χ1) is 8.79. The first-order valence-corrected chi connectivity index (χ1v) is 6.31. The van der Waals surface area contributed by atoms with E-state index in [9.17, 15) is 4.79 Å². The molecule has 2 rings (SSSR count). The Labute approximate surface area is 107 Å². The van der Waals surface area contributed by atoms with Crippen LogP contribution < -0.4 is 10.6 Å². The molecule has 18 heavy (non-hydrogen) atoms. The van der Waals surface area contributed by atoms with Crippen LogP contribution in [0.2, 0.25) is 0 Å². The van der Waals surface area contributed by atoms with Crippen LogP contribution >= 0.6 is 0 Å². The second kappa shape index (κ2) is 6.51. The SMILES string of the molecule is COC1CNC(C(=O)NCCCn2cccn2)C1. The van der Waals surface area contributed by atoms with Gasteiger partial charge in [-0.15, -0.1) is 0 Å². The number of ether oxygens (including phenoxy) is 1. The van der Waals surface area contributed by atoms with Crippen LogP contribution in [0.25, 0.3) is 0 Å². The van der Waals surface area contributed by atoms with Crippen LogP contribution in [0.5, 0.6) is 0 Å². The summed E-state index contributed by atoms with van der Waals surface area (Å²) in [7, 11) is 1.68. The van der Waals surface area contributed by atoms with E-state index in [1.165, 1.54) is 0 Å². The van der Waals surface area contributed by atoms with Crippen molar-refractivity contribution < 1.29 is 9.53 Å². The molecule has 100 valence electrons. The minimum atomic E-state index is -0.111. The molecule has 1 aliphatic rings. The fraction of sp³-hybridized carbons (Fsp3) is 0.667. The molecule has 2 heterocycles. The number of aryl methyl sites for hydroxylation is 1. The van der Waals surface area contributed by atoms with Gasteiger partial charge in [0.1, 0.15) is 0 Å². The minimum absolute atomic E-state index is 0.0648. The number of carbonyl (C=O) groups is 1. The molecule has 1 aliphatic heterocycles. The normalized spacial score (nSPS) is 23.2. The second-order valence-corrected chi connectivity index (χ2v) is 4.47. The first kappa shape index (κ1) is 13.0. The van der Waals surface area contributed by atoms with Gasteiger partial charge in [-0.05, 0) is 18.9 Å². The van der Waals surface area contributed by atoms with Crippen molar-refractivity contribution in [2.24, 2.45) is 0 Å². The van der Waals surface area contributed by atoms with E-state index in [4.69, 9.17) is 4.74 Å². The van der Waals surface area contributed by atoms with Gasteiger partial charge in [-0.1, -0.05) is 0 Å². The Kier molecular flexibility index (Phi) is 4.72. The summed E-state index contributed by atoms with van der Waals surface area (Å²) in [6, 6.07) is 1.78. The highest BCUT2D eigenvalue weighted by atomic mass is 16.5.